The minimum Gasteiger partial charge on any atom is -0.491 e. The van der Waals surface area contributed by atoms with Crippen LogP contribution in [0.2, 0.25) is 0 Å². The number of nitrogens with zero attached hydrogens (tertiary/aromatic N) is 8. The number of hydrogen-bond acceptors (Lipinski definition) is 11. The summed E-state index contributed by atoms with van der Waals surface area (Å²) in [5.74, 6) is -0.235. The lowest BCUT2D eigenvalue weighted by Crippen LogP contribution is -2.50. The van der Waals surface area contributed by atoms with Gasteiger partial charge in [-0.1, -0.05) is 18.2 Å². The predicted molar refractivity (Wildman–Crippen MR) is 249 cm³/mol. The molecule has 1 atom stereocenters. The van der Waals surface area contributed by atoms with Crippen LogP contribution in [0.4, 0.5) is 21.7 Å². The number of carbonyl (C=O) groups excluding carboxylic acids is 4. The van der Waals surface area contributed by atoms with E-state index in [-0.39, 0.29) is 30.8 Å². The number of halogens is 1. The van der Waals surface area contributed by atoms with E-state index in [0.29, 0.717) is 108 Å². The van der Waals surface area contributed by atoms with Gasteiger partial charge >= 0.3 is 0 Å². The van der Waals surface area contributed by atoms with Crippen LogP contribution in [0.15, 0.2) is 61.2 Å². The number of fused-ring (bicyclic) bond motifs is 2. The van der Waals surface area contributed by atoms with Gasteiger partial charge in [0.1, 0.15) is 35.3 Å². The van der Waals surface area contributed by atoms with E-state index in [1.54, 1.807) is 51.8 Å². The van der Waals surface area contributed by atoms with Gasteiger partial charge in [0.2, 0.25) is 5.95 Å². The predicted octanol–water partition coefficient (Wildman–Crippen LogP) is 6.17. The van der Waals surface area contributed by atoms with Gasteiger partial charge in [0, 0.05) is 56.9 Å². The van der Waals surface area contributed by atoms with Crippen LogP contribution in [0, 0.1) is 20.8 Å². The molecule has 4 N–H and O–H groups in total. The first-order valence-electron chi connectivity index (χ1n) is 22.3. The molecule has 0 bridgehead atoms. The second-order valence-corrected chi connectivity index (χ2v) is 16.4. The lowest BCUT2D eigenvalue weighted by atomic mass is 10.1. The topological polar surface area (TPSA) is 186 Å². The van der Waals surface area contributed by atoms with Gasteiger partial charge in [-0.2, -0.15) is 10.2 Å². The molecule has 0 aliphatic carbocycles. The number of amides is 3. The van der Waals surface area contributed by atoms with Gasteiger partial charge in [0.05, 0.1) is 34.7 Å². The minimum atomic E-state index is -0.768. The van der Waals surface area contributed by atoms with E-state index < -0.39 is 12.5 Å². The van der Waals surface area contributed by atoms with Gasteiger partial charge in [-0.15, -0.1) is 6.58 Å². The lowest BCUT2D eigenvalue weighted by molar-refractivity contribution is 0.0927. The molecule has 1 unspecified atom stereocenters. The summed E-state index contributed by atoms with van der Waals surface area (Å²) in [4.78, 5) is 62.0. The number of alkyl halides is 1. The largest absolute Gasteiger partial charge is 0.491 e. The van der Waals surface area contributed by atoms with E-state index in [1.807, 2.05) is 56.2 Å². The number of hydrogen-bond donors (Lipinski definition) is 4. The summed E-state index contributed by atoms with van der Waals surface area (Å²) in [5.41, 5.74) is 6.44. The highest BCUT2D eigenvalue weighted by atomic mass is 19.1. The summed E-state index contributed by atoms with van der Waals surface area (Å²) < 4.78 is 25.2. The smallest absolute Gasteiger partial charge is 0.276 e. The van der Waals surface area contributed by atoms with Crippen molar-refractivity contribution >= 4 is 52.4 Å². The van der Waals surface area contributed by atoms with Crippen molar-refractivity contribution in [2.24, 2.45) is 0 Å². The van der Waals surface area contributed by atoms with Crippen molar-refractivity contribution in [3.63, 3.8) is 0 Å². The van der Waals surface area contributed by atoms with Crippen LogP contribution in [0.3, 0.4) is 0 Å². The van der Waals surface area contributed by atoms with E-state index in [0.717, 1.165) is 43.4 Å². The quantitative estimate of drug-likeness (QED) is 0.0398. The molecule has 5 aromatic rings. The van der Waals surface area contributed by atoms with Crippen molar-refractivity contribution in [2.45, 2.75) is 92.4 Å². The van der Waals surface area contributed by atoms with Crippen LogP contribution in [-0.2, 0) is 19.6 Å². The van der Waals surface area contributed by atoms with Gasteiger partial charge < -0.3 is 35.1 Å². The maximum Gasteiger partial charge on any atom is 0.276 e. The van der Waals surface area contributed by atoms with Crippen LogP contribution in [0.25, 0.3) is 11.0 Å². The molecule has 344 valence electrons. The van der Waals surface area contributed by atoms with Crippen LogP contribution >= 0.6 is 0 Å². The molecule has 0 radical (unpaired) electrons. The summed E-state index contributed by atoms with van der Waals surface area (Å²) in [7, 11) is 0. The van der Waals surface area contributed by atoms with Crippen LogP contribution in [0.1, 0.15) is 98.2 Å². The van der Waals surface area contributed by atoms with Crippen molar-refractivity contribution < 1.29 is 28.3 Å². The normalized spacial score (nSPS) is 15.3. The monoisotopic (exact) mass is 890 g/mol. The van der Waals surface area contributed by atoms with Gasteiger partial charge in [-0.05, 0) is 109 Å². The van der Waals surface area contributed by atoms with E-state index in [9.17, 15) is 23.6 Å². The maximum absolute atomic E-state index is 13.9. The van der Waals surface area contributed by atoms with Crippen LogP contribution in [0.5, 0.6) is 5.75 Å². The first-order chi connectivity index (χ1) is 31.4. The standard InChI is InChI=1S/C47H59FN12O5/c1-7-10-22-65-40-28-34(43(62)49-16-13-17-56-20-14-35(48)15-21-56)27-37-42(40)58(47(51-37)53-45(64)39-25-32(6)55-60(39)9-3)19-12-11-18-57-41-30(4)23-33(29-61)26-36(41)50-46(57)52-44(63)38-24-31(5)54-59(38)8-2/h7,11-12,23-29,35,47,51H,1,8-10,13-22H2,2-6H3,(H,49,62)(H,53,64)(H,50,52,63)/b12-11+. The molecular weight excluding hydrogens is 832 g/mol. The Bertz CT molecular complexity index is 2590. The van der Waals surface area contributed by atoms with Crippen molar-refractivity contribution in [3.05, 3.63) is 101 Å². The van der Waals surface area contributed by atoms with Crippen molar-refractivity contribution in [2.75, 3.05) is 54.9 Å². The molecule has 65 heavy (non-hydrogen) atoms. The van der Waals surface area contributed by atoms with Gasteiger partial charge in [0.15, 0.2) is 6.29 Å². The number of anilines is 3. The van der Waals surface area contributed by atoms with Crippen molar-refractivity contribution in [1.29, 1.82) is 0 Å². The molecule has 2 aliphatic heterocycles. The summed E-state index contributed by atoms with van der Waals surface area (Å²) in [5, 5.41) is 21.5. The van der Waals surface area contributed by atoms with Crippen molar-refractivity contribution in [1.82, 2.24) is 44.6 Å². The molecule has 5 heterocycles. The fraction of sp³-hybridized carbons (Fsp3) is 0.426. The van der Waals surface area contributed by atoms with Gasteiger partial charge in [0.25, 0.3) is 17.7 Å². The first-order valence-corrected chi connectivity index (χ1v) is 22.3. The molecule has 0 saturated carbocycles. The summed E-state index contributed by atoms with van der Waals surface area (Å²) in [6.45, 7) is 17.8. The highest BCUT2D eigenvalue weighted by molar-refractivity contribution is 6.03. The fourth-order valence-electron chi connectivity index (χ4n) is 8.42. The molecular formula is C47H59FN12O5. The van der Waals surface area contributed by atoms with E-state index in [1.165, 1.54) is 0 Å². The summed E-state index contributed by atoms with van der Waals surface area (Å²) in [6, 6.07) is 10.4. The first kappa shape index (κ1) is 46.2. The Morgan fingerprint density at radius 1 is 0.923 bits per heavy atom. The number of likely N-dealkylation sites (tertiary alicyclic amines) is 1. The number of allylic oxidation sites excluding steroid dienone is 1. The van der Waals surface area contributed by atoms with E-state index in [2.05, 4.69) is 42.9 Å². The third-order valence-corrected chi connectivity index (χ3v) is 11.6. The zero-order valence-electron chi connectivity index (χ0n) is 37.8. The Morgan fingerprint density at radius 2 is 1.62 bits per heavy atom. The number of piperidine rings is 1. The Kier molecular flexibility index (Phi) is 14.8. The Labute approximate surface area is 378 Å². The number of benzene rings is 2. The average molecular weight is 891 g/mol. The number of imidazole rings is 1. The number of nitrogens with one attached hydrogen (secondary N) is 4. The molecule has 1 fully saturated rings. The SMILES string of the molecule is C=CCCOc1cc(C(=O)NCCCN2CCC(F)CC2)cc2c1N(C/C=C/Cn1c(NC(=O)c3cc(C)nn3CC)nc3cc(C=O)cc(C)c31)C(NC(=O)c1cc(C)nn1CC)N2. The Balaban J connectivity index is 1.17. The van der Waals surface area contributed by atoms with Crippen molar-refractivity contribution in [3.8, 4) is 5.75 Å². The second kappa shape index (κ2) is 20.8. The van der Waals surface area contributed by atoms with E-state index in [4.69, 9.17) is 9.72 Å². The molecule has 2 aliphatic rings. The molecule has 0 spiro atoms. The van der Waals surface area contributed by atoms with Gasteiger partial charge in [-0.25, -0.2) is 9.37 Å². The van der Waals surface area contributed by atoms with E-state index >= 15 is 0 Å². The lowest BCUT2D eigenvalue weighted by Gasteiger charge is -2.28. The highest BCUT2D eigenvalue weighted by Crippen LogP contribution is 2.43. The number of aldehydes is 1. The minimum absolute atomic E-state index is 0.271. The van der Waals surface area contributed by atoms with Gasteiger partial charge in [-0.3, -0.25) is 33.9 Å². The molecule has 17 nitrogen and oxygen atoms in total. The molecule has 1 saturated heterocycles. The molecule has 18 heteroatoms. The number of aryl methyl sites for hydroxylation is 5. The second-order valence-electron chi connectivity index (χ2n) is 16.4. The molecule has 3 amide bonds. The molecule has 2 aromatic carbocycles. The zero-order valence-corrected chi connectivity index (χ0v) is 37.8. The Morgan fingerprint density at radius 3 is 2.29 bits per heavy atom. The fourth-order valence-corrected chi connectivity index (χ4v) is 8.42. The number of rotatable bonds is 20. The Hall–Kier alpha value is -6.82. The summed E-state index contributed by atoms with van der Waals surface area (Å²) in [6.07, 6.45) is 7.28. The highest BCUT2D eigenvalue weighted by Gasteiger charge is 2.34. The van der Waals surface area contributed by atoms with Crippen LogP contribution in [-0.4, -0.2) is 110 Å². The maximum atomic E-state index is 13.9. The third-order valence-electron chi connectivity index (χ3n) is 11.6. The number of carbonyl (C=O) groups is 4. The molecule has 7 rings (SSSR count). The average Bonchev–Trinajstić information content (AvgIpc) is 4.06. The number of aromatic nitrogens is 6. The molecule has 3 aromatic heterocycles. The number of ether oxygens (including phenoxy) is 1. The van der Waals surface area contributed by atoms with Crippen LogP contribution < -0.4 is 30.9 Å². The third kappa shape index (κ3) is 10.6. The zero-order chi connectivity index (χ0) is 46.2. The summed E-state index contributed by atoms with van der Waals surface area (Å²) >= 11 is 0.